The number of carbonyl (C=O) groups is 4. The molecule has 0 aromatic heterocycles. The molecule has 3 amide bonds. The van der Waals surface area contributed by atoms with Crippen molar-refractivity contribution in [3.05, 3.63) is 65.7 Å². The van der Waals surface area contributed by atoms with Gasteiger partial charge >= 0.3 is 5.97 Å². The summed E-state index contributed by atoms with van der Waals surface area (Å²) in [5.74, 6) is -2.93. The van der Waals surface area contributed by atoms with E-state index in [1.165, 1.54) is 25.4 Å². The van der Waals surface area contributed by atoms with Gasteiger partial charge in [0.05, 0.1) is 6.04 Å². The molecule has 2 aromatic rings. The van der Waals surface area contributed by atoms with E-state index in [1.807, 2.05) is 0 Å². The van der Waals surface area contributed by atoms with Crippen LogP contribution in [-0.2, 0) is 42.8 Å². The van der Waals surface area contributed by atoms with Crippen LogP contribution in [0.1, 0.15) is 17.5 Å². The van der Waals surface area contributed by atoms with E-state index in [4.69, 9.17) is 10.8 Å². The van der Waals surface area contributed by atoms with Crippen LogP contribution in [0.4, 0.5) is 0 Å². The van der Waals surface area contributed by atoms with Crippen LogP contribution in [0, 0.1) is 0 Å². The zero-order chi connectivity index (χ0) is 28.2. The number of aliphatic carboxylic acids is 1. The number of nitrogens with two attached hydrogens (primary N) is 1. The largest absolute Gasteiger partial charge is 0.508 e. The van der Waals surface area contributed by atoms with E-state index >= 15 is 0 Å². The van der Waals surface area contributed by atoms with Crippen LogP contribution in [0.5, 0.6) is 5.75 Å². The number of nitrogens with one attached hydrogen (secondary N) is 2. The normalized spacial score (nSPS) is 14.0. The summed E-state index contributed by atoms with van der Waals surface area (Å²) < 4.78 is 11.7. The van der Waals surface area contributed by atoms with Crippen molar-refractivity contribution in [2.24, 2.45) is 5.73 Å². The zero-order valence-corrected chi connectivity index (χ0v) is 22.1. The van der Waals surface area contributed by atoms with Crippen LogP contribution in [-0.4, -0.2) is 86.7 Å². The number of rotatable bonds is 14. The molecular weight excluding hydrogens is 512 g/mol. The molecule has 0 aliphatic carbocycles. The molecule has 0 saturated heterocycles. The van der Waals surface area contributed by atoms with Crippen molar-refractivity contribution in [1.82, 2.24) is 15.5 Å². The molecule has 2 rings (SSSR count). The number of benzene rings is 2. The molecule has 11 nitrogen and oxygen atoms in total. The van der Waals surface area contributed by atoms with Gasteiger partial charge in [-0.3, -0.25) is 23.4 Å². The highest BCUT2D eigenvalue weighted by molar-refractivity contribution is 7.84. The first-order valence-corrected chi connectivity index (χ1v) is 13.6. The van der Waals surface area contributed by atoms with E-state index < -0.39 is 59.2 Å². The molecule has 0 bridgehead atoms. The van der Waals surface area contributed by atoms with Gasteiger partial charge in [0.2, 0.25) is 17.7 Å². The van der Waals surface area contributed by atoms with Gasteiger partial charge in [0, 0.05) is 36.3 Å². The molecule has 0 aliphatic rings. The van der Waals surface area contributed by atoms with Crippen LogP contribution in [0.15, 0.2) is 54.6 Å². The van der Waals surface area contributed by atoms with Crippen LogP contribution in [0.3, 0.4) is 0 Å². The van der Waals surface area contributed by atoms with Crippen molar-refractivity contribution in [1.29, 1.82) is 0 Å². The molecule has 0 spiro atoms. The summed E-state index contributed by atoms with van der Waals surface area (Å²) >= 11 is 0. The van der Waals surface area contributed by atoms with Crippen molar-refractivity contribution >= 4 is 34.5 Å². The lowest BCUT2D eigenvalue weighted by Crippen LogP contribution is -2.57. The third kappa shape index (κ3) is 10.3. The molecule has 0 saturated carbocycles. The van der Waals surface area contributed by atoms with Gasteiger partial charge in [0.25, 0.3) is 0 Å². The van der Waals surface area contributed by atoms with Gasteiger partial charge < -0.3 is 31.5 Å². The Morgan fingerprint density at radius 2 is 1.50 bits per heavy atom. The molecule has 6 N–H and O–H groups in total. The molecule has 4 atom stereocenters. The number of hydrogen-bond acceptors (Lipinski definition) is 7. The predicted molar refractivity (Wildman–Crippen MR) is 143 cm³/mol. The number of nitrogens with zero attached hydrogens (tertiary/aromatic N) is 1. The average Bonchev–Trinajstić information content (AvgIpc) is 2.86. The lowest BCUT2D eigenvalue weighted by molar-refractivity contribution is -0.144. The van der Waals surface area contributed by atoms with Crippen molar-refractivity contribution in [3.63, 3.8) is 0 Å². The predicted octanol–water partition coefficient (Wildman–Crippen LogP) is -0.214. The SMILES string of the molecule is CN(CC(=O)O)C(=O)[C@H](Cc1ccccc1)NC(=O)[C@H](CCS(C)=O)NC(=O)[C@@H](N)Cc1ccc(O)cc1. The number of carboxylic acids is 1. The minimum Gasteiger partial charge on any atom is -0.508 e. The summed E-state index contributed by atoms with van der Waals surface area (Å²) in [4.78, 5) is 51.3. The molecule has 0 heterocycles. The van der Waals surface area contributed by atoms with Crippen molar-refractivity contribution in [2.75, 3.05) is 25.6 Å². The smallest absolute Gasteiger partial charge is 0.323 e. The fourth-order valence-corrected chi connectivity index (χ4v) is 4.25. The molecule has 12 heteroatoms. The van der Waals surface area contributed by atoms with E-state index in [9.17, 15) is 28.5 Å². The standard InChI is InChI=1S/C26H34N4O7S/c1-30(16-23(32)33)26(36)22(15-17-6-4-3-5-7-17)29-25(35)21(12-13-38(2)37)28-24(34)20(27)14-18-8-10-19(31)11-9-18/h3-11,20-22,31H,12-16,27H2,1-2H3,(H,28,34)(H,29,35)(H,32,33)/t20-,21-,22-,38?/m0/s1. The Kier molecular flexibility index (Phi) is 11.9. The Hall–Kier alpha value is -3.77. The van der Waals surface area contributed by atoms with Crippen LogP contribution >= 0.6 is 0 Å². The fourth-order valence-electron chi connectivity index (χ4n) is 3.68. The number of phenolic OH excluding ortho intramolecular Hbond substituents is 1. The highest BCUT2D eigenvalue weighted by Crippen LogP contribution is 2.11. The number of aromatic hydroxyl groups is 1. The number of carbonyl (C=O) groups excluding carboxylic acids is 3. The summed E-state index contributed by atoms with van der Waals surface area (Å²) in [6.45, 7) is -0.554. The van der Waals surface area contributed by atoms with E-state index in [0.717, 1.165) is 10.5 Å². The van der Waals surface area contributed by atoms with Crippen molar-refractivity contribution < 1.29 is 33.6 Å². The first-order valence-electron chi connectivity index (χ1n) is 11.9. The summed E-state index contributed by atoms with van der Waals surface area (Å²) in [6, 6.07) is 11.8. The van der Waals surface area contributed by atoms with E-state index in [-0.39, 0.29) is 30.8 Å². The summed E-state index contributed by atoms with van der Waals surface area (Å²) in [5.41, 5.74) is 7.49. The van der Waals surface area contributed by atoms with Crippen LogP contribution in [0.25, 0.3) is 0 Å². The molecule has 0 fully saturated rings. The van der Waals surface area contributed by atoms with Gasteiger partial charge in [-0.15, -0.1) is 0 Å². The van der Waals surface area contributed by atoms with E-state index in [2.05, 4.69) is 10.6 Å². The first kappa shape index (κ1) is 30.5. The lowest BCUT2D eigenvalue weighted by Gasteiger charge is -2.26. The second-order valence-electron chi connectivity index (χ2n) is 8.94. The Labute approximate surface area is 223 Å². The number of amides is 3. The number of phenols is 1. The molecule has 38 heavy (non-hydrogen) atoms. The van der Waals surface area contributed by atoms with E-state index in [1.54, 1.807) is 42.5 Å². The monoisotopic (exact) mass is 546 g/mol. The molecule has 2 aromatic carbocycles. The quantitative estimate of drug-likeness (QED) is 0.216. The summed E-state index contributed by atoms with van der Waals surface area (Å²) in [5, 5.41) is 23.7. The van der Waals surface area contributed by atoms with E-state index in [0.29, 0.717) is 5.56 Å². The Bertz CT molecular complexity index is 1130. The summed E-state index contributed by atoms with van der Waals surface area (Å²) in [7, 11) is 0.0662. The van der Waals surface area contributed by atoms with Crippen LogP contribution in [0.2, 0.25) is 0 Å². The van der Waals surface area contributed by atoms with Gasteiger partial charge in [-0.2, -0.15) is 0 Å². The van der Waals surface area contributed by atoms with Gasteiger partial charge in [0.15, 0.2) is 0 Å². The maximum atomic E-state index is 13.3. The first-order chi connectivity index (χ1) is 18.0. The molecular formula is C26H34N4O7S. The zero-order valence-electron chi connectivity index (χ0n) is 21.3. The fraction of sp³-hybridized carbons (Fsp3) is 0.385. The highest BCUT2D eigenvalue weighted by Gasteiger charge is 2.30. The number of carboxylic acid groups (broad SMARTS) is 1. The van der Waals surface area contributed by atoms with Crippen molar-refractivity contribution in [3.8, 4) is 5.75 Å². The second-order valence-corrected chi connectivity index (χ2v) is 10.5. The van der Waals surface area contributed by atoms with Crippen LogP contribution < -0.4 is 16.4 Å². The molecule has 0 aliphatic heterocycles. The van der Waals surface area contributed by atoms with Gasteiger partial charge in [0.1, 0.15) is 24.4 Å². The van der Waals surface area contributed by atoms with Gasteiger partial charge in [-0.25, -0.2) is 0 Å². The van der Waals surface area contributed by atoms with Gasteiger partial charge in [-0.1, -0.05) is 42.5 Å². The van der Waals surface area contributed by atoms with Gasteiger partial charge in [-0.05, 0) is 36.1 Å². The maximum absolute atomic E-state index is 13.3. The highest BCUT2D eigenvalue weighted by atomic mass is 32.2. The minimum absolute atomic E-state index is 0.0316. The maximum Gasteiger partial charge on any atom is 0.323 e. The Morgan fingerprint density at radius 3 is 2.08 bits per heavy atom. The second kappa shape index (κ2) is 14.8. The Balaban J connectivity index is 2.19. The third-order valence-electron chi connectivity index (χ3n) is 5.70. The topological polar surface area (TPSA) is 179 Å². The molecule has 206 valence electrons. The average molecular weight is 547 g/mol. The lowest BCUT2D eigenvalue weighted by atomic mass is 10.0. The Morgan fingerprint density at radius 1 is 0.921 bits per heavy atom. The third-order valence-corrected chi connectivity index (χ3v) is 6.51. The number of hydrogen-bond donors (Lipinski definition) is 5. The number of likely N-dealkylation sites (N-methyl/N-ethyl adjacent to an activating group) is 1. The minimum atomic E-state index is -1.26. The van der Waals surface area contributed by atoms with Crippen molar-refractivity contribution in [2.45, 2.75) is 37.4 Å². The molecule has 1 unspecified atom stereocenters. The molecule has 0 radical (unpaired) electrons. The summed E-state index contributed by atoms with van der Waals surface area (Å²) in [6.07, 6.45) is 1.74.